The van der Waals surface area contributed by atoms with Crippen molar-refractivity contribution in [2.45, 2.75) is 47.0 Å². The van der Waals surface area contributed by atoms with E-state index in [-0.39, 0.29) is 16.6 Å². The number of allylic oxidation sites excluding steroid dienone is 1. The van der Waals surface area contributed by atoms with E-state index in [1.165, 1.54) is 24.1 Å². The fraction of sp³-hybridized carbons (Fsp3) is 0.391. The van der Waals surface area contributed by atoms with Gasteiger partial charge in [-0.05, 0) is 71.1 Å². The van der Waals surface area contributed by atoms with Crippen molar-refractivity contribution in [1.29, 1.82) is 0 Å². The summed E-state index contributed by atoms with van der Waals surface area (Å²) in [5.41, 5.74) is 4.77. The van der Waals surface area contributed by atoms with Crippen LogP contribution in [0.15, 0.2) is 52.5 Å². The lowest BCUT2D eigenvalue weighted by molar-refractivity contribution is 0.154. The average Bonchev–Trinajstić information content (AvgIpc) is 2.50. The standard InChI is InChI=1S/C23H26BrFO/c1-22(2)12-17(13-23(3,4)14-22)21(15-5-8-18(24)9-6-15)16-7-10-20(26)19(25)11-16/h5-11,26H,12-14H2,1-4H3. The van der Waals surface area contributed by atoms with Crippen molar-refractivity contribution in [3.05, 3.63) is 69.5 Å². The van der Waals surface area contributed by atoms with Crippen LogP contribution in [0.1, 0.15) is 58.1 Å². The minimum absolute atomic E-state index is 0.202. The largest absolute Gasteiger partial charge is 0.505 e. The molecule has 138 valence electrons. The number of phenolic OH excluding ortho intramolecular Hbond substituents is 1. The fourth-order valence-corrected chi connectivity index (χ4v) is 4.93. The molecule has 0 amide bonds. The lowest BCUT2D eigenvalue weighted by Gasteiger charge is -2.43. The van der Waals surface area contributed by atoms with Gasteiger partial charge in [0.1, 0.15) is 0 Å². The maximum absolute atomic E-state index is 14.1. The zero-order chi connectivity index (χ0) is 19.1. The molecule has 0 bridgehead atoms. The van der Waals surface area contributed by atoms with Gasteiger partial charge < -0.3 is 5.11 Å². The molecule has 2 aromatic carbocycles. The molecule has 1 nitrogen and oxygen atoms in total. The van der Waals surface area contributed by atoms with Crippen LogP contribution in [0.2, 0.25) is 0 Å². The van der Waals surface area contributed by atoms with Crippen LogP contribution in [-0.4, -0.2) is 5.11 Å². The molecule has 3 heteroatoms. The zero-order valence-electron chi connectivity index (χ0n) is 15.9. The molecule has 0 spiro atoms. The van der Waals surface area contributed by atoms with Crippen LogP contribution < -0.4 is 0 Å². The van der Waals surface area contributed by atoms with Crippen LogP contribution in [0.5, 0.6) is 5.75 Å². The number of hydrogen-bond donors (Lipinski definition) is 1. The molecule has 0 radical (unpaired) electrons. The zero-order valence-corrected chi connectivity index (χ0v) is 17.5. The minimum atomic E-state index is -0.577. The first-order chi connectivity index (χ1) is 12.1. The molecule has 1 aliphatic rings. The summed E-state index contributed by atoms with van der Waals surface area (Å²) in [5.74, 6) is -0.884. The van der Waals surface area contributed by atoms with Gasteiger partial charge in [-0.25, -0.2) is 4.39 Å². The van der Waals surface area contributed by atoms with Crippen molar-refractivity contribution in [3.8, 4) is 5.75 Å². The molecule has 1 fully saturated rings. The smallest absolute Gasteiger partial charge is 0.165 e. The first kappa shape index (κ1) is 19.2. The summed E-state index contributed by atoms with van der Waals surface area (Å²) < 4.78 is 15.1. The van der Waals surface area contributed by atoms with Gasteiger partial charge >= 0.3 is 0 Å². The molecular formula is C23H26BrFO. The van der Waals surface area contributed by atoms with Crippen LogP contribution in [0.4, 0.5) is 4.39 Å². The van der Waals surface area contributed by atoms with Gasteiger partial charge in [-0.2, -0.15) is 0 Å². The van der Waals surface area contributed by atoms with Gasteiger partial charge in [0.05, 0.1) is 0 Å². The lowest BCUT2D eigenvalue weighted by atomic mass is 9.62. The predicted octanol–water partition coefficient (Wildman–Crippen LogP) is 7.33. The van der Waals surface area contributed by atoms with Gasteiger partial charge in [0.2, 0.25) is 0 Å². The summed E-state index contributed by atoms with van der Waals surface area (Å²) in [5, 5.41) is 9.61. The topological polar surface area (TPSA) is 20.2 Å². The third kappa shape index (κ3) is 4.20. The third-order valence-corrected chi connectivity index (χ3v) is 5.59. The number of aromatic hydroxyl groups is 1. The van der Waals surface area contributed by atoms with Crippen molar-refractivity contribution < 1.29 is 9.50 Å². The molecule has 1 saturated carbocycles. The summed E-state index contributed by atoms with van der Waals surface area (Å²) in [6.07, 6.45) is 3.15. The van der Waals surface area contributed by atoms with E-state index >= 15 is 0 Å². The Morgan fingerprint density at radius 1 is 0.923 bits per heavy atom. The van der Waals surface area contributed by atoms with E-state index in [2.05, 4.69) is 55.8 Å². The van der Waals surface area contributed by atoms with Gasteiger partial charge in [0, 0.05) is 4.47 Å². The highest BCUT2D eigenvalue weighted by molar-refractivity contribution is 9.10. The third-order valence-electron chi connectivity index (χ3n) is 5.06. The lowest BCUT2D eigenvalue weighted by Crippen LogP contribution is -2.30. The Hall–Kier alpha value is -1.61. The van der Waals surface area contributed by atoms with E-state index in [4.69, 9.17) is 0 Å². The van der Waals surface area contributed by atoms with Gasteiger partial charge in [0.15, 0.2) is 11.6 Å². The van der Waals surface area contributed by atoms with Crippen molar-refractivity contribution in [1.82, 2.24) is 0 Å². The highest BCUT2D eigenvalue weighted by Gasteiger charge is 2.37. The molecule has 1 aliphatic carbocycles. The molecular weight excluding hydrogens is 391 g/mol. The summed E-state index contributed by atoms with van der Waals surface area (Å²) in [4.78, 5) is 0. The number of benzene rings is 2. The molecule has 0 saturated heterocycles. The van der Waals surface area contributed by atoms with E-state index in [0.717, 1.165) is 34.0 Å². The molecule has 0 atom stereocenters. The van der Waals surface area contributed by atoms with Crippen molar-refractivity contribution in [2.75, 3.05) is 0 Å². The van der Waals surface area contributed by atoms with E-state index in [1.807, 2.05) is 18.2 Å². The van der Waals surface area contributed by atoms with Crippen molar-refractivity contribution >= 4 is 21.5 Å². The molecule has 0 aliphatic heterocycles. The Labute approximate surface area is 164 Å². The molecule has 3 rings (SSSR count). The highest BCUT2D eigenvalue weighted by atomic mass is 79.9. The Morgan fingerprint density at radius 3 is 2.00 bits per heavy atom. The summed E-state index contributed by atoms with van der Waals surface area (Å²) in [6, 6.07) is 12.9. The molecule has 0 heterocycles. The molecule has 0 unspecified atom stereocenters. The van der Waals surface area contributed by atoms with E-state index in [1.54, 1.807) is 0 Å². The first-order valence-corrected chi connectivity index (χ1v) is 9.83. The maximum Gasteiger partial charge on any atom is 0.165 e. The van der Waals surface area contributed by atoms with E-state index in [0.29, 0.717) is 0 Å². The first-order valence-electron chi connectivity index (χ1n) is 9.03. The second-order valence-electron chi connectivity index (χ2n) is 9.01. The Kier molecular flexibility index (Phi) is 5.04. The van der Waals surface area contributed by atoms with Crippen LogP contribution in [0.3, 0.4) is 0 Å². The normalized spacial score (nSPS) is 18.6. The SMILES string of the molecule is CC1(C)CC(=C(c2ccc(Br)cc2)c2ccc(O)c(F)c2)CC(C)(C)C1. The van der Waals surface area contributed by atoms with Crippen molar-refractivity contribution in [2.24, 2.45) is 10.8 Å². The second kappa shape index (κ2) is 6.84. The maximum atomic E-state index is 14.1. The average molecular weight is 417 g/mol. The summed E-state index contributed by atoms with van der Waals surface area (Å²) >= 11 is 3.50. The van der Waals surface area contributed by atoms with Crippen LogP contribution >= 0.6 is 15.9 Å². The van der Waals surface area contributed by atoms with E-state index < -0.39 is 5.82 Å². The number of phenols is 1. The van der Waals surface area contributed by atoms with Crippen LogP contribution in [0, 0.1) is 16.6 Å². The van der Waals surface area contributed by atoms with Gasteiger partial charge in [-0.15, -0.1) is 0 Å². The van der Waals surface area contributed by atoms with Crippen LogP contribution in [-0.2, 0) is 0 Å². The van der Waals surface area contributed by atoms with Gasteiger partial charge in [-0.3, -0.25) is 0 Å². The molecule has 0 aromatic heterocycles. The molecule has 26 heavy (non-hydrogen) atoms. The summed E-state index contributed by atoms with van der Waals surface area (Å²) in [6.45, 7) is 9.24. The monoisotopic (exact) mass is 416 g/mol. The number of hydrogen-bond acceptors (Lipinski definition) is 1. The van der Waals surface area contributed by atoms with Gasteiger partial charge in [0.25, 0.3) is 0 Å². The Morgan fingerprint density at radius 2 is 1.46 bits per heavy atom. The highest BCUT2D eigenvalue weighted by Crippen LogP contribution is 2.51. The quantitative estimate of drug-likeness (QED) is 0.542. The Bertz CT molecular complexity index is 829. The molecule has 1 N–H and O–H groups in total. The Balaban J connectivity index is 2.22. The van der Waals surface area contributed by atoms with Gasteiger partial charge in [-0.1, -0.05) is 67.4 Å². The van der Waals surface area contributed by atoms with Crippen molar-refractivity contribution in [3.63, 3.8) is 0 Å². The predicted molar refractivity (Wildman–Crippen MR) is 110 cm³/mol. The summed E-state index contributed by atoms with van der Waals surface area (Å²) in [7, 11) is 0. The number of rotatable bonds is 2. The minimum Gasteiger partial charge on any atom is -0.505 e. The van der Waals surface area contributed by atoms with E-state index in [9.17, 15) is 9.50 Å². The second-order valence-corrected chi connectivity index (χ2v) is 9.93. The molecule has 2 aromatic rings. The van der Waals surface area contributed by atoms with Crippen LogP contribution in [0.25, 0.3) is 5.57 Å². The fourth-order valence-electron chi connectivity index (χ4n) is 4.67. The number of halogens is 2.